The fourth-order valence-electron chi connectivity index (χ4n) is 3.78. The van der Waals surface area contributed by atoms with E-state index in [1.807, 2.05) is 54.5 Å². The van der Waals surface area contributed by atoms with Gasteiger partial charge in [-0.25, -0.2) is 4.79 Å². The number of ketones is 1. The van der Waals surface area contributed by atoms with E-state index in [2.05, 4.69) is 10.6 Å². The number of aryl methyl sites for hydroxylation is 1. The number of carboxylic acids is 1. The molecule has 3 N–H and O–H groups in total. The van der Waals surface area contributed by atoms with Gasteiger partial charge in [0.2, 0.25) is 11.8 Å². The van der Waals surface area contributed by atoms with Crippen LogP contribution in [0.4, 0.5) is 0 Å². The molecule has 1 saturated heterocycles. The number of nitrogens with one attached hydrogen (secondary N) is 2. The monoisotopic (exact) mass is 508 g/mol. The van der Waals surface area contributed by atoms with Crippen LogP contribution in [0.2, 0.25) is 0 Å². The van der Waals surface area contributed by atoms with Crippen molar-refractivity contribution in [2.75, 3.05) is 5.75 Å². The molecule has 188 valence electrons. The van der Waals surface area contributed by atoms with Crippen molar-refractivity contribution in [2.45, 2.75) is 83.1 Å². The predicted octanol–water partition coefficient (Wildman–Crippen LogP) is 3.92. The van der Waals surface area contributed by atoms with Crippen LogP contribution in [-0.2, 0) is 25.6 Å². The van der Waals surface area contributed by atoms with Crippen LogP contribution < -0.4 is 10.6 Å². The van der Waals surface area contributed by atoms with Crippen molar-refractivity contribution in [3.05, 3.63) is 35.4 Å². The van der Waals surface area contributed by atoms with Crippen molar-refractivity contribution in [1.29, 1.82) is 0 Å². The lowest BCUT2D eigenvalue weighted by Gasteiger charge is -2.23. The van der Waals surface area contributed by atoms with E-state index in [0.29, 0.717) is 18.1 Å². The highest BCUT2D eigenvalue weighted by Crippen LogP contribution is 2.39. The van der Waals surface area contributed by atoms with E-state index in [1.165, 1.54) is 12.2 Å². The minimum absolute atomic E-state index is 0.0664. The second-order valence-corrected chi connectivity index (χ2v) is 12.0. The van der Waals surface area contributed by atoms with Crippen LogP contribution in [0.3, 0.4) is 0 Å². The summed E-state index contributed by atoms with van der Waals surface area (Å²) in [5.41, 5.74) is 1.78. The summed E-state index contributed by atoms with van der Waals surface area (Å²) in [6.07, 6.45) is 4.85. The maximum Gasteiger partial charge on any atom is 0.374 e. The Hall–Kier alpha value is -2.00. The Bertz CT molecular complexity index is 838. The first-order valence-electron chi connectivity index (χ1n) is 11.9. The van der Waals surface area contributed by atoms with E-state index in [9.17, 15) is 24.3 Å². The van der Waals surface area contributed by atoms with Gasteiger partial charge in [0.25, 0.3) is 5.78 Å². The Labute approximate surface area is 210 Å². The maximum atomic E-state index is 13.0. The highest BCUT2D eigenvalue weighted by molar-refractivity contribution is 8.77. The van der Waals surface area contributed by atoms with Crippen molar-refractivity contribution < 1.29 is 24.3 Å². The average molecular weight is 509 g/mol. The smallest absolute Gasteiger partial charge is 0.374 e. The molecule has 3 atom stereocenters. The first kappa shape index (κ1) is 28.2. The number of hydrogen-bond acceptors (Lipinski definition) is 6. The molecule has 1 aliphatic rings. The molecule has 0 spiro atoms. The van der Waals surface area contributed by atoms with E-state index < -0.39 is 29.7 Å². The van der Waals surface area contributed by atoms with E-state index in [1.54, 1.807) is 12.1 Å². The molecule has 7 nitrogen and oxygen atoms in total. The summed E-state index contributed by atoms with van der Waals surface area (Å²) in [7, 11) is 3.83. The number of carbonyl (C=O) groups excluding carboxylic acids is 3. The zero-order valence-electron chi connectivity index (χ0n) is 20.2. The summed E-state index contributed by atoms with van der Waals surface area (Å²) in [6.45, 7) is 5.81. The van der Waals surface area contributed by atoms with Gasteiger partial charge in [0, 0.05) is 23.8 Å². The maximum absolute atomic E-state index is 13.0. The first-order chi connectivity index (χ1) is 16.2. The normalized spacial score (nSPS) is 17.2. The van der Waals surface area contributed by atoms with Gasteiger partial charge in [0.15, 0.2) is 0 Å². The van der Waals surface area contributed by atoms with Crippen molar-refractivity contribution >= 4 is 45.2 Å². The SMILES string of the molecule is Cc1ccc(C[C@H](NC(=O)[C@H](CC(C)C)NC(=O)CCCCC2CCSS2)C(=O)C(=O)O)cc1. The number of rotatable bonds is 14. The third-order valence-electron chi connectivity index (χ3n) is 5.67. The van der Waals surface area contributed by atoms with Gasteiger partial charge in [0.1, 0.15) is 12.1 Å². The van der Waals surface area contributed by atoms with Gasteiger partial charge in [0.05, 0.1) is 0 Å². The molecule has 34 heavy (non-hydrogen) atoms. The molecule has 1 heterocycles. The molecule has 9 heteroatoms. The molecule has 2 amide bonds. The molecule has 1 aliphatic heterocycles. The molecule has 1 aromatic rings. The Kier molecular flexibility index (Phi) is 12.0. The van der Waals surface area contributed by atoms with Crippen molar-refractivity contribution in [1.82, 2.24) is 10.6 Å². The summed E-state index contributed by atoms with van der Waals surface area (Å²) in [5.74, 6) is -2.09. The summed E-state index contributed by atoms with van der Waals surface area (Å²) >= 11 is 0. The number of Topliss-reactive ketones (excluding diaryl/α,β-unsaturated/α-hetero) is 1. The molecule has 0 radical (unpaired) electrons. The zero-order chi connectivity index (χ0) is 25.1. The van der Waals surface area contributed by atoms with Gasteiger partial charge >= 0.3 is 5.97 Å². The lowest BCUT2D eigenvalue weighted by Crippen LogP contribution is -2.53. The predicted molar refractivity (Wildman–Crippen MR) is 138 cm³/mol. The molecule has 0 saturated carbocycles. The second kappa shape index (κ2) is 14.4. The summed E-state index contributed by atoms with van der Waals surface area (Å²) < 4.78 is 0. The standard InChI is InChI=1S/C25H36N2O5S2/c1-16(2)14-21(26-22(28)7-5-4-6-19-12-13-33-34-19)24(30)27-20(23(29)25(31)32)15-18-10-8-17(3)9-11-18/h8-11,16,19-21H,4-7,12-15H2,1-3H3,(H,26,28)(H,27,30)(H,31,32)/t19?,20-,21-/m0/s1. The van der Waals surface area contributed by atoms with Crippen LogP contribution in [0.1, 0.15) is 63.5 Å². The molecule has 1 aromatic carbocycles. The molecule has 2 rings (SSSR count). The van der Waals surface area contributed by atoms with Gasteiger partial charge < -0.3 is 15.7 Å². The number of carbonyl (C=O) groups is 4. The summed E-state index contributed by atoms with van der Waals surface area (Å²) in [5, 5.41) is 15.3. The average Bonchev–Trinajstić information content (AvgIpc) is 3.30. The summed E-state index contributed by atoms with van der Waals surface area (Å²) in [4.78, 5) is 49.2. The van der Waals surface area contributed by atoms with Crippen LogP contribution >= 0.6 is 21.6 Å². The fraction of sp³-hybridized carbons (Fsp3) is 0.600. The van der Waals surface area contributed by atoms with Crippen LogP contribution in [-0.4, -0.2) is 51.8 Å². The molecular formula is C25H36N2O5S2. The second-order valence-electron chi connectivity index (χ2n) is 9.24. The van der Waals surface area contributed by atoms with Crippen LogP contribution in [0, 0.1) is 12.8 Å². The molecule has 0 aliphatic carbocycles. The number of unbranched alkanes of at least 4 members (excludes halogenated alkanes) is 1. The van der Waals surface area contributed by atoms with Crippen LogP contribution in [0.15, 0.2) is 24.3 Å². The quantitative estimate of drug-likeness (QED) is 0.198. The van der Waals surface area contributed by atoms with Crippen molar-refractivity contribution in [3.8, 4) is 0 Å². The third kappa shape index (κ3) is 10.1. The summed E-state index contributed by atoms with van der Waals surface area (Å²) in [6, 6.07) is 5.31. The lowest BCUT2D eigenvalue weighted by molar-refractivity contribution is -0.150. The number of amides is 2. The Morgan fingerprint density at radius 3 is 2.35 bits per heavy atom. The van der Waals surface area contributed by atoms with E-state index >= 15 is 0 Å². The van der Waals surface area contributed by atoms with Gasteiger partial charge in [-0.15, -0.1) is 0 Å². The highest BCUT2D eigenvalue weighted by atomic mass is 33.1. The molecule has 1 fully saturated rings. The fourth-order valence-corrected chi connectivity index (χ4v) is 6.81. The lowest BCUT2D eigenvalue weighted by atomic mass is 9.99. The van der Waals surface area contributed by atoms with E-state index in [4.69, 9.17) is 0 Å². The molecule has 0 aromatic heterocycles. The zero-order valence-corrected chi connectivity index (χ0v) is 21.8. The van der Waals surface area contributed by atoms with Crippen molar-refractivity contribution in [2.24, 2.45) is 5.92 Å². The van der Waals surface area contributed by atoms with Gasteiger partial charge in [-0.1, -0.05) is 71.7 Å². The van der Waals surface area contributed by atoms with Crippen LogP contribution in [0.5, 0.6) is 0 Å². The number of benzene rings is 1. The Morgan fingerprint density at radius 1 is 1.06 bits per heavy atom. The minimum Gasteiger partial charge on any atom is -0.475 e. The van der Waals surface area contributed by atoms with Crippen LogP contribution in [0.25, 0.3) is 0 Å². The highest BCUT2D eigenvalue weighted by Gasteiger charge is 2.30. The topological polar surface area (TPSA) is 113 Å². The van der Waals surface area contributed by atoms with Gasteiger partial charge in [-0.05, 0) is 44.1 Å². The molecular weight excluding hydrogens is 472 g/mol. The third-order valence-corrected chi connectivity index (χ3v) is 8.68. The van der Waals surface area contributed by atoms with Gasteiger partial charge in [-0.2, -0.15) is 0 Å². The van der Waals surface area contributed by atoms with E-state index in [0.717, 1.165) is 30.4 Å². The number of carboxylic acid groups (broad SMARTS) is 1. The first-order valence-corrected chi connectivity index (χ1v) is 14.2. The minimum atomic E-state index is -1.60. The Morgan fingerprint density at radius 2 is 1.76 bits per heavy atom. The molecule has 1 unspecified atom stereocenters. The number of hydrogen-bond donors (Lipinski definition) is 3. The van der Waals surface area contributed by atoms with Gasteiger partial charge in [-0.3, -0.25) is 14.4 Å². The van der Waals surface area contributed by atoms with E-state index in [-0.39, 0.29) is 18.2 Å². The Balaban J connectivity index is 1.96. The van der Waals surface area contributed by atoms with Crippen molar-refractivity contribution in [3.63, 3.8) is 0 Å². The number of aliphatic carboxylic acids is 1. The molecule has 0 bridgehead atoms. The largest absolute Gasteiger partial charge is 0.475 e.